The largest absolute Gasteiger partial charge is 0.256 e. The lowest BCUT2D eigenvalue weighted by atomic mass is 10.1. The zero-order chi connectivity index (χ0) is 14.2. The van der Waals surface area contributed by atoms with Gasteiger partial charge in [-0.3, -0.25) is 4.98 Å². The number of benzene rings is 1. The molecule has 0 bridgehead atoms. The number of unbranched alkanes of at least 4 members (excludes halogenated alkanes) is 4. The van der Waals surface area contributed by atoms with Crippen LogP contribution in [0.15, 0.2) is 42.6 Å². The topological polar surface area (TPSA) is 12.9 Å². The van der Waals surface area contributed by atoms with Crippen molar-refractivity contribution >= 4 is 0 Å². The summed E-state index contributed by atoms with van der Waals surface area (Å²) in [6.45, 7) is 4.37. The van der Waals surface area contributed by atoms with E-state index in [4.69, 9.17) is 0 Å². The minimum atomic E-state index is 1.07. The molecule has 0 radical (unpaired) electrons. The minimum Gasteiger partial charge on any atom is -0.256 e. The Kier molecular flexibility index (Phi) is 5.79. The lowest BCUT2D eigenvalue weighted by Gasteiger charge is -2.04. The van der Waals surface area contributed by atoms with Crippen molar-refractivity contribution in [2.24, 2.45) is 0 Å². The molecule has 1 heterocycles. The summed E-state index contributed by atoms with van der Waals surface area (Å²) in [6, 6.07) is 12.9. The van der Waals surface area contributed by atoms with Crippen LogP contribution in [-0.4, -0.2) is 4.98 Å². The van der Waals surface area contributed by atoms with E-state index in [1.165, 1.54) is 48.8 Å². The summed E-state index contributed by atoms with van der Waals surface area (Å²) < 4.78 is 0. The Bertz CT molecular complexity index is 496. The summed E-state index contributed by atoms with van der Waals surface area (Å²) in [5, 5.41) is 0. The molecule has 0 spiro atoms. The Morgan fingerprint density at radius 3 is 2.25 bits per heavy atom. The molecule has 1 aromatic carbocycles. The van der Waals surface area contributed by atoms with Gasteiger partial charge in [-0.2, -0.15) is 0 Å². The maximum Gasteiger partial charge on any atom is 0.0702 e. The Morgan fingerprint density at radius 2 is 1.60 bits per heavy atom. The predicted octanol–water partition coefficient (Wildman–Crippen LogP) is 5.57. The van der Waals surface area contributed by atoms with Crippen molar-refractivity contribution < 1.29 is 0 Å². The predicted molar refractivity (Wildman–Crippen MR) is 86.9 cm³/mol. The number of hydrogen-bond acceptors (Lipinski definition) is 1. The molecular weight excluding hydrogens is 242 g/mol. The Labute approximate surface area is 123 Å². The fourth-order valence-electron chi connectivity index (χ4n) is 2.40. The van der Waals surface area contributed by atoms with Crippen LogP contribution in [0.3, 0.4) is 0 Å². The van der Waals surface area contributed by atoms with Gasteiger partial charge in [0.1, 0.15) is 0 Å². The second-order valence-electron chi connectivity index (χ2n) is 5.58. The smallest absolute Gasteiger partial charge is 0.0702 e. The van der Waals surface area contributed by atoms with E-state index in [-0.39, 0.29) is 0 Å². The highest BCUT2D eigenvalue weighted by Crippen LogP contribution is 2.18. The van der Waals surface area contributed by atoms with Gasteiger partial charge in [0.25, 0.3) is 0 Å². The van der Waals surface area contributed by atoms with Crippen LogP contribution < -0.4 is 0 Å². The molecule has 1 aromatic heterocycles. The summed E-state index contributed by atoms with van der Waals surface area (Å²) in [4.78, 5) is 4.59. The van der Waals surface area contributed by atoms with Gasteiger partial charge in [-0.25, -0.2) is 0 Å². The van der Waals surface area contributed by atoms with E-state index in [0.717, 1.165) is 12.1 Å². The molecule has 2 rings (SSSR count). The van der Waals surface area contributed by atoms with Gasteiger partial charge in [-0.15, -0.1) is 0 Å². The highest BCUT2D eigenvalue weighted by atomic mass is 14.7. The number of rotatable bonds is 7. The van der Waals surface area contributed by atoms with Crippen LogP contribution in [0.5, 0.6) is 0 Å². The van der Waals surface area contributed by atoms with Gasteiger partial charge in [0.15, 0.2) is 0 Å². The molecule has 106 valence electrons. The molecule has 0 saturated carbocycles. The van der Waals surface area contributed by atoms with Crippen molar-refractivity contribution in [1.82, 2.24) is 4.98 Å². The molecule has 1 heteroatoms. The molecule has 0 N–H and O–H groups in total. The third-order valence-electron chi connectivity index (χ3n) is 3.74. The van der Waals surface area contributed by atoms with Crippen LogP contribution in [0.1, 0.15) is 50.2 Å². The third-order valence-corrected chi connectivity index (χ3v) is 3.74. The normalized spacial score (nSPS) is 10.7. The molecule has 0 unspecified atom stereocenters. The maximum absolute atomic E-state index is 4.59. The van der Waals surface area contributed by atoms with Crippen molar-refractivity contribution in [1.29, 1.82) is 0 Å². The second kappa shape index (κ2) is 7.84. The van der Waals surface area contributed by atoms with Gasteiger partial charge in [-0.05, 0) is 31.4 Å². The summed E-state index contributed by atoms with van der Waals surface area (Å²) >= 11 is 0. The van der Waals surface area contributed by atoms with Crippen molar-refractivity contribution in [2.45, 2.75) is 52.4 Å². The first-order valence-electron chi connectivity index (χ1n) is 7.81. The van der Waals surface area contributed by atoms with Crippen LogP contribution in [0, 0.1) is 6.92 Å². The van der Waals surface area contributed by atoms with Gasteiger partial charge >= 0.3 is 0 Å². The molecule has 0 saturated heterocycles. The zero-order valence-corrected chi connectivity index (χ0v) is 12.7. The third kappa shape index (κ3) is 4.48. The van der Waals surface area contributed by atoms with Gasteiger partial charge in [0.2, 0.25) is 0 Å². The van der Waals surface area contributed by atoms with E-state index in [1.54, 1.807) is 0 Å². The van der Waals surface area contributed by atoms with Crippen molar-refractivity contribution in [3.8, 4) is 11.3 Å². The molecule has 0 aliphatic carbocycles. The van der Waals surface area contributed by atoms with Gasteiger partial charge in [0.05, 0.1) is 5.69 Å². The molecule has 0 fully saturated rings. The monoisotopic (exact) mass is 267 g/mol. The molecule has 0 aliphatic rings. The molecule has 20 heavy (non-hydrogen) atoms. The lowest BCUT2D eigenvalue weighted by Crippen LogP contribution is -1.90. The van der Waals surface area contributed by atoms with Crippen molar-refractivity contribution in [2.75, 3.05) is 0 Å². The minimum absolute atomic E-state index is 1.07. The molecule has 2 aromatic rings. The number of hydrogen-bond donors (Lipinski definition) is 0. The summed E-state index contributed by atoms with van der Waals surface area (Å²) in [5.41, 5.74) is 4.92. The van der Waals surface area contributed by atoms with Crippen LogP contribution in [0.4, 0.5) is 0 Å². The van der Waals surface area contributed by atoms with E-state index in [1.807, 2.05) is 6.20 Å². The quantitative estimate of drug-likeness (QED) is 0.598. The fourth-order valence-corrected chi connectivity index (χ4v) is 2.40. The van der Waals surface area contributed by atoms with E-state index in [0.29, 0.717) is 0 Å². The van der Waals surface area contributed by atoms with Crippen LogP contribution in [0.25, 0.3) is 11.3 Å². The first kappa shape index (κ1) is 14.8. The lowest BCUT2D eigenvalue weighted by molar-refractivity contribution is 0.632. The zero-order valence-electron chi connectivity index (χ0n) is 12.7. The number of nitrogens with zero attached hydrogens (tertiary/aromatic N) is 1. The first-order chi connectivity index (χ1) is 9.79. The average molecular weight is 267 g/mol. The molecule has 0 aliphatic heterocycles. The van der Waals surface area contributed by atoms with Crippen LogP contribution >= 0.6 is 0 Å². The molecule has 0 amide bonds. The van der Waals surface area contributed by atoms with E-state index < -0.39 is 0 Å². The summed E-state index contributed by atoms with van der Waals surface area (Å²) in [7, 11) is 0. The highest BCUT2D eigenvalue weighted by molar-refractivity contribution is 5.59. The Hall–Kier alpha value is -1.63. The highest BCUT2D eigenvalue weighted by Gasteiger charge is 2.00. The fraction of sp³-hybridized carbons (Fsp3) is 0.421. The van der Waals surface area contributed by atoms with E-state index >= 15 is 0 Å². The van der Waals surface area contributed by atoms with Crippen LogP contribution in [0.2, 0.25) is 0 Å². The van der Waals surface area contributed by atoms with Gasteiger partial charge < -0.3 is 0 Å². The van der Waals surface area contributed by atoms with Gasteiger partial charge in [0, 0.05) is 11.8 Å². The van der Waals surface area contributed by atoms with E-state index in [9.17, 15) is 0 Å². The standard InChI is InChI=1S/C19H25N/c1-3-4-5-6-7-8-17-11-14-19(20-15-17)18-12-9-16(2)10-13-18/h9-15H,3-8H2,1-2H3. The molecule has 0 atom stereocenters. The average Bonchev–Trinajstić information content (AvgIpc) is 2.49. The van der Waals surface area contributed by atoms with E-state index in [2.05, 4.69) is 55.2 Å². The number of aromatic nitrogens is 1. The SMILES string of the molecule is CCCCCCCc1ccc(-c2ccc(C)cc2)nc1. The maximum atomic E-state index is 4.59. The summed E-state index contributed by atoms with van der Waals surface area (Å²) in [5.74, 6) is 0. The molecule has 1 nitrogen and oxygen atoms in total. The number of pyridine rings is 1. The Balaban J connectivity index is 1.88. The number of aryl methyl sites for hydroxylation is 2. The second-order valence-corrected chi connectivity index (χ2v) is 5.58. The van der Waals surface area contributed by atoms with Crippen molar-refractivity contribution in [3.63, 3.8) is 0 Å². The first-order valence-corrected chi connectivity index (χ1v) is 7.81. The molecular formula is C19H25N. The van der Waals surface area contributed by atoms with Gasteiger partial charge in [-0.1, -0.05) is 68.5 Å². The Morgan fingerprint density at radius 1 is 0.850 bits per heavy atom. The van der Waals surface area contributed by atoms with Crippen LogP contribution in [-0.2, 0) is 6.42 Å². The summed E-state index contributed by atoms with van der Waals surface area (Å²) in [6.07, 6.45) is 9.86. The van der Waals surface area contributed by atoms with Crippen molar-refractivity contribution in [3.05, 3.63) is 53.7 Å².